The molecule has 4 rings (SSSR count). The number of pyridine rings is 1. The molecule has 0 aromatic carbocycles. The van der Waals surface area contributed by atoms with E-state index in [1.54, 1.807) is 22.9 Å². The second kappa shape index (κ2) is 6.76. The van der Waals surface area contributed by atoms with Gasteiger partial charge < -0.3 is 10.2 Å². The number of anilines is 1. The van der Waals surface area contributed by atoms with E-state index in [-0.39, 0.29) is 5.82 Å². The molecule has 0 unspecified atom stereocenters. The molecule has 1 N–H and O–H groups in total. The Morgan fingerprint density at radius 1 is 1.28 bits per heavy atom. The lowest BCUT2D eigenvalue weighted by Crippen LogP contribution is -2.27. The Balaban J connectivity index is 1.56. The van der Waals surface area contributed by atoms with E-state index in [1.165, 1.54) is 18.7 Å². The standard InChI is InChI=1S/C18H21FN6/c1-2-8-24-9-6-14(12-24)22-16-5-7-20-18(23-16)15-10-21-17-4-3-13(19)11-25(15)17/h3-5,7,10-11,14H,2,6,8-9,12H2,1H3,(H,20,22,23)/t14-/m1/s1. The fourth-order valence-electron chi connectivity index (χ4n) is 3.36. The summed E-state index contributed by atoms with van der Waals surface area (Å²) in [5, 5.41) is 3.49. The minimum Gasteiger partial charge on any atom is -0.366 e. The molecule has 0 bridgehead atoms. The van der Waals surface area contributed by atoms with E-state index in [0.717, 1.165) is 31.9 Å². The first kappa shape index (κ1) is 16.0. The summed E-state index contributed by atoms with van der Waals surface area (Å²) in [4.78, 5) is 15.7. The van der Waals surface area contributed by atoms with Crippen LogP contribution in [0.25, 0.3) is 17.2 Å². The molecule has 25 heavy (non-hydrogen) atoms. The fourth-order valence-corrected chi connectivity index (χ4v) is 3.36. The molecule has 1 atom stereocenters. The van der Waals surface area contributed by atoms with Crippen molar-refractivity contribution in [1.29, 1.82) is 0 Å². The molecule has 1 fully saturated rings. The van der Waals surface area contributed by atoms with Crippen molar-refractivity contribution in [1.82, 2.24) is 24.3 Å². The average Bonchev–Trinajstić information content (AvgIpc) is 3.22. The fraction of sp³-hybridized carbons (Fsp3) is 0.389. The van der Waals surface area contributed by atoms with E-state index in [2.05, 4.69) is 32.1 Å². The molecule has 0 spiro atoms. The van der Waals surface area contributed by atoms with Crippen LogP contribution in [0.5, 0.6) is 0 Å². The highest BCUT2D eigenvalue weighted by atomic mass is 19.1. The SMILES string of the molecule is CCCN1CC[C@@H](Nc2ccnc(-c3cnc4ccc(F)cn34)n2)C1. The van der Waals surface area contributed by atoms with Gasteiger partial charge in [0, 0.05) is 31.5 Å². The van der Waals surface area contributed by atoms with E-state index in [1.807, 2.05) is 6.07 Å². The normalized spacial score (nSPS) is 18.1. The van der Waals surface area contributed by atoms with Crippen molar-refractivity contribution in [3.8, 4) is 11.5 Å². The number of nitrogens with one attached hydrogen (secondary N) is 1. The van der Waals surface area contributed by atoms with Gasteiger partial charge in [-0.3, -0.25) is 4.40 Å². The molecule has 4 heterocycles. The lowest BCUT2D eigenvalue weighted by molar-refractivity contribution is 0.337. The Labute approximate surface area is 145 Å². The Kier molecular flexibility index (Phi) is 4.31. The molecule has 1 aliphatic heterocycles. The third-order valence-corrected chi connectivity index (χ3v) is 4.52. The van der Waals surface area contributed by atoms with Gasteiger partial charge >= 0.3 is 0 Å². The van der Waals surface area contributed by atoms with Crippen molar-refractivity contribution in [2.75, 3.05) is 25.0 Å². The molecule has 0 aliphatic carbocycles. The van der Waals surface area contributed by atoms with Crippen LogP contribution in [0.3, 0.4) is 0 Å². The van der Waals surface area contributed by atoms with Crippen molar-refractivity contribution >= 4 is 11.5 Å². The van der Waals surface area contributed by atoms with E-state index >= 15 is 0 Å². The molecule has 0 saturated carbocycles. The summed E-state index contributed by atoms with van der Waals surface area (Å²) in [7, 11) is 0. The summed E-state index contributed by atoms with van der Waals surface area (Å²) in [6.07, 6.45) is 7.09. The highest BCUT2D eigenvalue weighted by molar-refractivity contribution is 5.58. The van der Waals surface area contributed by atoms with Gasteiger partial charge in [-0.1, -0.05) is 6.92 Å². The van der Waals surface area contributed by atoms with Crippen LogP contribution in [0, 0.1) is 5.82 Å². The molecule has 0 radical (unpaired) electrons. The van der Waals surface area contributed by atoms with Crippen molar-refractivity contribution in [2.45, 2.75) is 25.8 Å². The molecule has 7 heteroatoms. The van der Waals surface area contributed by atoms with E-state index in [0.29, 0.717) is 23.2 Å². The molecular weight excluding hydrogens is 319 g/mol. The molecule has 130 valence electrons. The number of imidazole rings is 1. The maximum atomic E-state index is 13.6. The summed E-state index contributed by atoms with van der Waals surface area (Å²) in [5.74, 6) is 1.01. The number of halogens is 1. The van der Waals surface area contributed by atoms with E-state index in [9.17, 15) is 4.39 Å². The Bertz CT molecular complexity index is 877. The van der Waals surface area contributed by atoms with Gasteiger partial charge in [-0.05, 0) is 37.6 Å². The highest BCUT2D eigenvalue weighted by Gasteiger charge is 2.22. The van der Waals surface area contributed by atoms with E-state index in [4.69, 9.17) is 0 Å². The minimum absolute atomic E-state index is 0.317. The number of rotatable bonds is 5. The van der Waals surface area contributed by atoms with E-state index < -0.39 is 0 Å². The maximum absolute atomic E-state index is 13.6. The van der Waals surface area contributed by atoms with Gasteiger partial charge in [0.2, 0.25) is 0 Å². The summed E-state index contributed by atoms with van der Waals surface area (Å²) < 4.78 is 15.2. The Morgan fingerprint density at radius 3 is 3.08 bits per heavy atom. The van der Waals surface area contributed by atoms with Gasteiger partial charge in [0.25, 0.3) is 0 Å². The predicted octanol–water partition coefficient (Wildman–Crippen LogP) is 2.83. The van der Waals surface area contributed by atoms with Crippen LogP contribution < -0.4 is 5.32 Å². The smallest absolute Gasteiger partial charge is 0.180 e. The molecule has 3 aromatic rings. The predicted molar refractivity (Wildman–Crippen MR) is 94.9 cm³/mol. The van der Waals surface area contributed by atoms with Crippen LogP contribution in [0.4, 0.5) is 10.2 Å². The van der Waals surface area contributed by atoms with Crippen LogP contribution in [0.15, 0.2) is 36.8 Å². The second-order valence-electron chi connectivity index (χ2n) is 6.41. The average molecular weight is 340 g/mol. The van der Waals surface area contributed by atoms with Gasteiger partial charge in [0.1, 0.15) is 23.0 Å². The summed E-state index contributed by atoms with van der Waals surface area (Å²) in [5.41, 5.74) is 1.35. The quantitative estimate of drug-likeness (QED) is 0.774. The lowest BCUT2D eigenvalue weighted by Gasteiger charge is -2.16. The lowest BCUT2D eigenvalue weighted by atomic mass is 10.2. The number of likely N-dealkylation sites (tertiary alicyclic amines) is 1. The van der Waals surface area contributed by atoms with Crippen molar-refractivity contribution in [3.63, 3.8) is 0 Å². The first-order chi connectivity index (χ1) is 12.2. The van der Waals surface area contributed by atoms with Crippen LogP contribution in [0.2, 0.25) is 0 Å². The minimum atomic E-state index is -0.317. The molecule has 6 nitrogen and oxygen atoms in total. The van der Waals surface area contributed by atoms with Crippen molar-refractivity contribution in [2.24, 2.45) is 0 Å². The van der Waals surface area contributed by atoms with Gasteiger partial charge in [0.15, 0.2) is 5.82 Å². The Morgan fingerprint density at radius 2 is 2.20 bits per heavy atom. The zero-order valence-electron chi connectivity index (χ0n) is 14.2. The summed E-state index contributed by atoms with van der Waals surface area (Å²) in [6, 6.07) is 5.30. The number of fused-ring (bicyclic) bond motifs is 1. The topological polar surface area (TPSA) is 58.3 Å². The third kappa shape index (κ3) is 3.32. The van der Waals surface area contributed by atoms with Crippen molar-refractivity contribution < 1.29 is 4.39 Å². The number of hydrogen-bond acceptors (Lipinski definition) is 5. The largest absolute Gasteiger partial charge is 0.366 e. The third-order valence-electron chi connectivity index (χ3n) is 4.52. The molecule has 0 amide bonds. The summed E-state index contributed by atoms with van der Waals surface area (Å²) >= 11 is 0. The molecule has 3 aromatic heterocycles. The highest BCUT2D eigenvalue weighted by Crippen LogP contribution is 2.20. The first-order valence-electron chi connectivity index (χ1n) is 8.68. The zero-order chi connectivity index (χ0) is 17.2. The van der Waals surface area contributed by atoms with Crippen molar-refractivity contribution in [3.05, 3.63) is 42.6 Å². The van der Waals surface area contributed by atoms with Gasteiger partial charge in [-0.25, -0.2) is 19.3 Å². The number of aromatic nitrogens is 4. The monoisotopic (exact) mass is 340 g/mol. The van der Waals surface area contributed by atoms with Gasteiger partial charge in [-0.2, -0.15) is 0 Å². The van der Waals surface area contributed by atoms with Crippen LogP contribution in [-0.2, 0) is 0 Å². The summed E-state index contributed by atoms with van der Waals surface area (Å²) in [6.45, 7) is 5.50. The van der Waals surface area contributed by atoms with Crippen LogP contribution in [0.1, 0.15) is 19.8 Å². The van der Waals surface area contributed by atoms with Crippen LogP contribution in [-0.4, -0.2) is 49.9 Å². The van der Waals surface area contributed by atoms with Crippen LogP contribution >= 0.6 is 0 Å². The second-order valence-corrected chi connectivity index (χ2v) is 6.41. The zero-order valence-corrected chi connectivity index (χ0v) is 14.2. The Hall–Kier alpha value is -2.54. The molecule has 1 saturated heterocycles. The molecular formula is C18H21FN6. The first-order valence-corrected chi connectivity index (χ1v) is 8.68. The maximum Gasteiger partial charge on any atom is 0.180 e. The number of nitrogens with zero attached hydrogens (tertiary/aromatic N) is 5. The number of hydrogen-bond donors (Lipinski definition) is 1. The molecule has 1 aliphatic rings. The van der Waals surface area contributed by atoms with Gasteiger partial charge in [-0.15, -0.1) is 0 Å². The van der Waals surface area contributed by atoms with Gasteiger partial charge in [0.05, 0.1) is 6.20 Å².